The van der Waals surface area contributed by atoms with E-state index in [0.29, 0.717) is 18.0 Å². The summed E-state index contributed by atoms with van der Waals surface area (Å²) in [6.07, 6.45) is 3.23. The second-order valence-electron chi connectivity index (χ2n) is 4.71. The number of hydrogen-bond donors (Lipinski definition) is 0. The molecule has 3 rings (SSSR count). The van der Waals surface area contributed by atoms with Crippen LogP contribution in [0.4, 0.5) is 0 Å². The van der Waals surface area contributed by atoms with Crippen LogP contribution in [0.5, 0.6) is 5.75 Å². The SMILES string of the molecule is C=CCn1c(=NC(=O)c2ccco2)sc2cccc(OCC)c21. The van der Waals surface area contributed by atoms with E-state index in [1.165, 1.54) is 17.6 Å². The van der Waals surface area contributed by atoms with Gasteiger partial charge in [0, 0.05) is 6.54 Å². The monoisotopic (exact) mass is 328 g/mol. The van der Waals surface area contributed by atoms with Crippen LogP contribution < -0.4 is 9.54 Å². The Labute approximate surface area is 137 Å². The molecule has 0 saturated heterocycles. The van der Waals surface area contributed by atoms with E-state index in [4.69, 9.17) is 9.15 Å². The standard InChI is InChI=1S/C17H16N2O3S/c1-3-10-19-15-12(21-4-2)7-5-9-14(15)23-17(19)18-16(20)13-8-6-11-22-13/h3,5-9,11H,1,4,10H2,2H3. The number of amides is 1. The van der Waals surface area contributed by atoms with Crippen molar-refractivity contribution >= 4 is 27.5 Å². The zero-order valence-corrected chi connectivity index (χ0v) is 13.5. The van der Waals surface area contributed by atoms with Crippen LogP contribution in [0.15, 0.2) is 58.7 Å². The Morgan fingerprint density at radius 3 is 3.00 bits per heavy atom. The Morgan fingerprint density at radius 1 is 1.43 bits per heavy atom. The van der Waals surface area contributed by atoms with Gasteiger partial charge in [-0.2, -0.15) is 4.99 Å². The van der Waals surface area contributed by atoms with Crippen LogP contribution in [0, 0.1) is 0 Å². The number of nitrogens with zero attached hydrogens (tertiary/aromatic N) is 2. The summed E-state index contributed by atoms with van der Waals surface area (Å²) in [5.41, 5.74) is 0.922. The van der Waals surface area contributed by atoms with E-state index < -0.39 is 5.91 Å². The molecule has 23 heavy (non-hydrogen) atoms. The summed E-state index contributed by atoms with van der Waals surface area (Å²) < 4.78 is 13.7. The van der Waals surface area contributed by atoms with Crippen LogP contribution in [0.3, 0.4) is 0 Å². The van der Waals surface area contributed by atoms with E-state index in [2.05, 4.69) is 11.6 Å². The average molecular weight is 328 g/mol. The molecule has 2 heterocycles. The number of fused-ring (bicyclic) bond motifs is 1. The number of ether oxygens (including phenoxy) is 1. The second kappa shape index (κ2) is 6.66. The number of rotatable bonds is 5. The van der Waals surface area contributed by atoms with E-state index in [1.54, 1.807) is 18.2 Å². The maximum atomic E-state index is 12.2. The van der Waals surface area contributed by atoms with Gasteiger partial charge in [0.2, 0.25) is 0 Å². The van der Waals surface area contributed by atoms with Gasteiger partial charge in [-0.3, -0.25) is 4.79 Å². The largest absolute Gasteiger partial charge is 0.492 e. The van der Waals surface area contributed by atoms with Crippen molar-refractivity contribution in [1.82, 2.24) is 4.57 Å². The van der Waals surface area contributed by atoms with Gasteiger partial charge in [-0.1, -0.05) is 23.5 Å². The molecular weight excluding hydrogens is 312 g/mol. The van der Waals surface area contributed by atoms with Crippen molar-refractivity contribution in [3.05, 3.63) is 59.8 Å². The molecule has 0 atom stereocenters. The van der Waals surface area contributed by atoms with Crippen LogP contribution in [-0.2, 0) is 6.54 Å². The summed E-state index contributed by atoms with van der Waals surface area (Å²) >= 11 is 1.44. The zero-order chi connectivity index (χ0) is 16.2. The van der Waals surface area contributed by atoms with Gasteiger partial charge in [-0.05, 0) is 31.2 Å². The minimum Gasteiger partial charge on any atom is -0.492 e. The first-order valence-corrected chi connectivity index (χ1v) is 8.05. The van der Waals surface area contributed by atoms with Gasteiger partial charge < -0.3 is 13.7 Å². The molecule has 0 bridgehead atoms. The summed E-state index contributed by atoms with van der Waals surface area (Å²) in [5, 5.41) is 0. The Balaban J connectivity index is 2.20. The summed E-state index contributed by atoms with van der Waals surface area (Å²) in [4.78, 5) is 17.0. The Bertz CT molecular complexity index is 904. The maximum absolute atomic E-state index is 12.2. The van der Waals surface area contributed by atoms with Gasteiger partial charge in [0.05, 0.1) is 17.6 Å². The Hall–Kier alpha value is -2.60. The lowest BCUT2D eigenvalue weighted by Gasteiger charge is -2.07. The van der Waals surface area contributed by atoms with Crippen molar-refractivity contribution in [3.8, 4) is 5.75 Å². The van der Waals surface area contributed by atoms with Gasteiger partial charge in [0.15, 0.2) is 10.6 Å². The number of carbonyl (C=O) groups excluding carboxylic acids is 1. The van der Waals surface area contributed by atoms with Crippen molar-refractivity contribution in [3.63, 3.8) is 0 Å². The maximum Gasteiger partial charge on any atom is 0.315 e. The van der Waals surface area contributed by atoms with Gasteiger partial charge in [0.1, 0.15) is 11.3 Å². The molecule has 118 valence electrons. The minimum atomic E-state index is -0.405. The molecule has 0 fully saturated rings. The Kier molecular flexibility index (Phi) is 4.43. The molecule has 0 N–H and O–H groups in total. The molecule has 0 aliphatic carbocycles. The number of benzene rings is 1. The topological polar surface area (TPSA) is 56.7 Å². The molecule has 1 amide bonds. The third-order valence-electron chi connectivity index (χ3n) is 3.20. The number of furan rings is 1. The van der Waals surface area contributed by atoms with E-state index in [9.17, 15) is 4.79 Å². The molecule has 3 aromatic rings. The summed E-state index contributed by atoms with van der Waals surface area (Å²) in [5.74, 6) is 0.588. The highest BCUT2D eigenvalue weighted by Crippen LogP contribution is 2.27. The average Bonchev–Trinajstić information content (AvgIpc) is 3.17. The molecule has 2 aromatic heterocycles. The first kappa shape index (κ1) is 15.3. The quantitative estimate of drug-likeness (QED) is 0.672. The molecule has 0 saturated carbocycles. The number of aromatic nitrogens is 1. The van der Waals surface area contributed by atoms with Crippen molar-refractivity contribution < 1.29 is 13.9 Å². The first-order valence-electron chi connectivity index (χ1n) is 7.23. The lowest BCUT2D eigenvalue weighted by molar-refractivity contribution is 0.0971. The van der Waals surface area contributed by atoms with Crippen LogP contribution in [-0.4, -0.2) is 17.1 Å². The van der Waals surface area contributed by atoms with Crippen LogP contribution in [0.1, 0.15) is 17.5 Å². The molecule has 0 aliphatic rings. The number of para-hydroxylation sites is 1. The molecular formula is C17H16N2O3S. The fourth-order valence-corrected chi connectivity index (χ4v) is 3.35. The molecule has 6 heteroatoms. The van der Waals surface area contributed by atoms with Crippen LogP contribution in [0.25, 0.3) is 10.2 Å². The molecule has 0 radical (unpaired) electrons. The fraction of sp³-hybridized carbons (Fsp3) is 0.176. The van der Waals surface area contributed by atoms with Gasteiger partial charge in [-0.15, -0.1) is 6.58 Å². The van der Waals surface area contributed by atoms with Crippen molar-refractivity contribution in [1.29, 1.82) is 0 Å². The molecule has 1 aromatic carbocycles. The third kappa shape index (κ3) is 2.98. The van der Waals surface area contributed by atoms with Crippen LogP contribution in [0.2, 0.25) is 0 Å². The molecule has 0 unspecified atom stereocenters. The first-order chi connectivity index (χ1) is 11.2. The zero-order valence-electron chi connectivity index (χ0n) is 12.7. The number of hydrogen-bond acceptors (Lipinski definition) is 4. The van der Waals surface area contributed by atoms with Crippen molar-refractivity contribution in [2.45, 2.75) is 13.5 Å². The van der Waals surface area contributed by atoms with E-state index in [0.717, 1.165) is 16.0 Å². The number of thiazole rings is 1. The molecule has 0 aliphatic heterocycles. The second-order valence-corrected chi connectivity index (χ2v) is 5.72. The highest BCUT2D eigenvalue weighted by molar-refractivity contribution is 7.16. The lowest BCUT2D eigenvalue weighted by Crippen LogP contribution is -2.16. The summed E-state index contributed by atoms with van der Waals surface area (Å²) in [7, 11) is 0. The van der Waals surface area contributed by atoms with Gasteiger partial charge in [0.25, 0.3) is 0 Å². The molecule has 0 spiro atoms. The van der Waals surface area contributed by atoms with Crippen LogP contribution >= 0.6 is 11.3 Å². The van der Waals surface area contributed by atoms with Gasteiger partial charge >= 0.3 is 5.91 Å². The van der Waals surface area contributed by atoms with Crippen molar-refractivity contribution in [2.75, 3.05) is 6.61 Å². The minimum absolute atomic E-state index is 0.220. The highest BCUT2D eigenvalue weighted by Gasteiger charge is 2.13. The predicted octanol–water partition coefficient (Wildman–Crippen LogP) is 3.62. The predicted molar refractivity (Wildman–Crippen MR) is 89.8 cm³/mol. The van der Waals surface area contributed by atoms with E-state index in [1.807, 2.05) is 29.7 Å². The summed E-state index contributed by atoms with van der Waals surface area (Å²) in [6.45, 7) is 6.83. The normalized spacial score (nSPS) is 11.8. The third-order valence-corrected chi connectivity index (χ3v) is 4.25. The fourth-order valence-electron chi connectivity index (χ4n) is 2.30. The number of carbonyl (C=O) groups is 1. The highest BCUT2D eigenvalue weighted by atomic mass is 32.1. The smallest absolute Gasteiger partial charge is 0.315 e. The Morgan fingerprint density at radius 2 is 2.30 bits per heavy atom. The van der Waals surface area contributed by atoms with E-state index >= 15 is 0 Å². The lowest BCUT2D eigenvalue weighted by atomic mass is 10.3. The van der Waals surface area contributed by atoms with Gasteiger partial charge in [-0.25, -0.2) is 0 Å². The summed E-state index contributed by atoms with van der Waals surface area (Å²) in [6, 6.07) is 9.09. The van der Waals surface area contributed by atoms with E-state index in [-0.39, 0.29) is 5.76 Å². The molecule has 5 nitrogen and oxygen atoms in total. The van der Waals surface area contributed by atoms with Crippen molar-refractivity contribution in [2.24, 2.45) is 4.99 Å². The number of allylic oxidation sites excluding steroid dienone is 1.